The van der Waals surface area contributed by atoms with Gasteiger partial charge in [-0.15, -0.1) is 0 Å². The first-order chi connectivity index (χ1) is 16.4. The van der Waals surface area contributed by atoms with E-state index >= 15 is 0 Å². The molecule has 0 saturated heterocycles. The Morgan fingerprint density at radius 1 is 1.06 bits per heavy atom. The summed E-state index contributed by atoms with van der Waals surface area (Å²) in [5.41, 5.74) is 2.65. The van der Waals surface area contributed by atoms with Gasteiger partial charge in [-0.2, -0.15) is 0 Å². The largest absolute Gasteiger partial charge is 0.493 e. The quantitative estimate of drug-likeness (QED) is 0.196. The Labute approximate surface area is 207 Å². The maximum atomic E-state index is 11.5. The molecule has 1 N–H and O–H groups in total. The second kappa shape index (κ2) is 12.3. The number of carbonyl (C=O) groups excluding carboxylic acids is 2. The molecule has 9 heteroatoms. The molecule has 0 amide bonds. The topological polar surface area (TPSA) is 99.6 Å². The fourth-order valence-electron chi connectivity index (χ4n) is 3.39. The van der Waals surface area contributed by atoms with Crippen LogP contribution in [0.5, 0.6) is 11.5 Å². The van der Waals surface area contributed by atoms with Gasteiger partial charge < -0.3 is 19.5 Å². The van der Waals surface area contributed by atoms with Crippen LogP contribution in [0, 0.1) is 6.42 Å². The maximum absolute atomic E-state index is 11.5. The Kier molecular flexibility index (Phi) is 9.21. The first kappa shape index (κ1) is 25.4. The molecule has 179 valence electrons. The van der Waals surface area contributed by atoms with Crippen LogP contribution in [-0.4, -0.2) is 35.6 Å². The Morgan fingerprint density at radius 3 is 2.62 bits per heavy atom. The number of hydrogen-bond donors (Lipinski definition) is 1. The highest BCUT2D eigenvalue weighted by Gasteiger charge is 2.14. The van der Waals surface area contributed by atoms with E-state index in [-0.39, 0.29) is 5.97 Å². The number of methoxy groups -OCH3 is 1. The summed E-state index contributed by atoms with van der Waals surface area (Å²) in [5.74, 6) is 0.615. The number of esters is 2. The van der Waals surface area contributed by atoms with E-state index in [9.17, 15) is 9.59 Å². The van der Waals surface area contributed by atoms with Gasteiger partial charge in [0, 0.05) is 35.5 Å². The first-order valence-electron chi connectivity index (χ1n) is 10.9. The molecule has 3 rings (SSSR count). The molecule has 0 unspecified atom stereocenters. The van der Waals surface area contributed by atoms with E-state index in [1.165, 1.54) is 27.3 Å². The number of nitrogens with one attached hydrogen (secondary N) is 1. The van der Waals surface area contributed by atoms with Crippen LogP contribution < -0.4 is 14.8 Å². The highest BCUT2D eigenvalue weighted by molar-refractivity contribution is 9.10. The molecule has 34 heavy (non-hydrogen) atoms. The number of nitrogens with zero attached hydrogens (tertiary/aromatic N) is 2. The van der Waals surface area contributed by atoms with Crippen LogP contribution in [0.3, 0.4) is 0 Å². The fourth-order valence-corrected chi connectivity index (χ4v) is 3.75. The van der Waals surface area contributed by atoms with Crippen molar-refractivity contribution in [3.63, 3.8) is 0 Å². The zero-order chi connectivity index (χ0) is 24.5. The highest BCUT2D eigenvalue weighted by Crippen LogP contribution is 2.35. The zero-order valence-corrected chi connectivity index (χ0v) is 21.0. The molecular weight excluding hydrogens is 502 g/mol. The van der Waals surface area contributed by atoms with Crippen molar-refractivity contribution in [1.29, 1.82) is 0 Å². The summed E-state index contributed by atoms with van der Waals surface area (Å²) in [6, 6.07) is 9.46. The van der Waals surface area contributed by atoms with Crippen molar-refractivity contribution >= 4 is 50.3 Å². The number of fused-ring (bicyclic) bond motifs is 1. The second-order valence-electron chi connectivity index (χ2n) is 7.59. The van der Waals surface area contributed by atoms with E-state index in [4.69, 9.17) is 14.2 Å². The molecular formula is C25H27BrN3O5. The summed E-state index contributed by atoms with van der Waals surface area (Å²) >= 11 is 3.54. The second-order valence-corrected chi connectivity index (χ2v) is 8.51. The molecule has 0 aliphatic carbocycles. The number of hydrogen-bond acceptors (Lipinski definition) is 8. The minimum Gasteiger partial charge on any atom is -0.493 e. The molecule has 2 aromatic carbocycles. The predicted octanol–water partition coefficient (Wildman–Crippen LogP) is 5.55. The SMILES string of the molecule is COc1cc2ncnc(Nc3cc(Br)ccc3C[CH]CCCCOC(C)=O)c2cc1OC(C)=O. The number of aromatic nitrogens is 2. The van der Waals surface area contributed by atoms with Gasteiger partial charge in [-0.3, -0.25) is 9.59 Å². The number of benzene rings is 2. The van der Waals surface area contributed by atoms with Crippen LogP contribution in [0.4, 0.5) is 11.5 Å². The van der Waals surface area contributed by atoms with Crippen LogP contribution in [0.25, 0.3) is 10.9 Å². The number of ether oxygens (including phenoxy) is 3. The summed E-state index contributed by atoms with van der Waals surface area (Å²) < 4.78 is 16.6. The lowest BCUT2D eigenvalue weighted by Gasteiger charge is -2.15. The summed E-state index contributed by atoms with van der Waals surface area (Å²) in [5, 5.41) is 4.10. The van der Waals surface area contributed by atoms with Crippen LogP contribution in [0.15, 0.2) is 41.1 Å². The fraction of sp³-hybridized carbons (Fsp3) is 0.320. The molecule has 1 heterocycles. The summed E-state index contributed by atoms with van der Waals surface area (Å²) in [7, 11) is 1.51. The van der Waals surface area contributed by atoms with Crippen LogP contribution in [-0.2, 0) is 20.7 Å². The minimum atomic E-state index is -0.443. The van der Waals surface area contributed by atoms with E-state index in [1.54, 1.807) is 12.1 Å². The molecule has 0 fully saturated rings. The van der Waals surface area contributed by atoms with Crippen molar-refractivity contribution in [1.82, 2.24) is 9.97 Å². The van der Waals surface area contributed by atoms with E-state index in [0.29, 0.717) is 34.8 Å². The first-order valence-corrected chi connectivity index (χ1v) is 11.7. The van der Waals surface area contributed by atoms with Gasteiger partial charge in [0.2, 0.25) is 0 Å². The van der Waals surface area contributed by atoms with Gasteiger partial charge in [-0.25, -0.2) is 9.97 Å². The number of unbranched alkanes of at least 4 members (excludes halogenated alkanes) is 3. The molecule has 0 aliphatic rings. The standard InChI is InChI=1S/C25H27BrN3O5/c1-16(30)33-11-7-5-4-6-8-18-9-10-19(26)12-21(18)29-25-20-13-24(34-17(2)31)23(32-3)14-22(20)27-15-28-25/h6,9-10,12-15H,4-5,7-8,11H2,1-3H3,(H,27,28,29). The average molecular weight is 529 g/mol. The van der Waals surface area contributed by atoms with Gasteiger partial charge in [0.25, 0.3) is 0 Å². The van der Waals surface area contributed by atoms with Crippen molar-refractivity contribution in [2.45, 2.75) is 39.5 Å². The summed E-state index contributed by atoms with van der Waals surface area (Å²) in [4.78, 5) is 31.1. The predicted molar refractivity (Wildman–Crippen MR) is 133 cm³/mol. The smallest absolute Gasteiger partial charge is 0.308 e. The van der Waals surface area contributed by atoms with E-state index in [1.807, 2.05) is 12.1 Å². The molecule has 0 bridgehead atoms. The Hall–Kier alpha value is -3.20. The van der Waals surface area contributed by atoms with Crippen molar-refractivity contribution in [2.24, 2.45) is 0 Å². The number of carbonyl (C=O) groups is 2. The molecule has 8 nitrogen and oxygen atoms in total. The Balaban J connectivity index is 1.78. The lowest BCUT2D eigenvalue weighted by molar-refractivity contribution is -0.141. The third-order valence-corrected chi connectivity index (χ3v) is 5.46. The van der Waals surface area contributed by atoms with Crippen LogP contribution in [0.1, 0.15) is 38.7 Å². The van der Waals surface area contributed by atoms with Crippen molar-refractivity contribution in [2.75, 3.05) is 19.0 Å². The van der Waals surface area contributed by atoms with E-state index in [0.717, 1.165) is 41.4 Å². The van der Waals surface area contributed by atoms with Crippen molar-refractivity contribution in [3.05, 3.63) is 53.1 Å². The normalized spacial score (nSPS) is 10.7. The van der Waals surface area contributed by atoms with Crippen molar-refractivity contribution in [3.8, 4) is 11.5 Å². The monoisotopic (exact) mass is 528 g/mol. The molecule has 1 aromatic heterocycles. The number of rotatable bonds is 11. The Morgan fingerprint density at radius 2 is 1.88 bits per heavy atom. The van der Waals surface area contributed by atoms with Gasteiger partial charge in [0.05, 0.1) is 19.2 Å². The van der Waals surface area contributed by atoms with Crippen LogP contribution >= 0.6 is 15.9 Å². The van der Waals surface area contributed by atoms with Gasteiger partial charge in [0.1, 0.15) is 12.1 Å². The molecule has 0 spiro atoms. The highest BCUT2D eigenvalue weighted by atomic mass is 79.9. The number of anilines is 2. The molecule has 1 radical (unpaired) electrons. The molecule has 0 aliphatic heterocycles. The number of halogens is 1. The van der Waals surface area contributed by atoms with Gasteiger partial charge in [0.15, 0.2) is 11.5 Å². The van der Waals surface area contributed by atoms with E-state index in [2.05, 4.69) is 43.7 Å². The van der Waals surface area contributed by atoms with E-state index < -0.39 is 5.97 Å². The van der Waals surface area contributed by atoms with Gasteiger partial charge >= 0.3 is 11.9 Å². The van der Waals surface area contributed by atoms with Crippen molar-refractivity contribution < 1.29 is 23.8 Å². The molecule has 3 aromatic rings. The third kappa shape index (κ3) is 7.15. The molecule has 0 saturated carbocycles. The van der Waals surface area contributed by atoms with Gasteiger partial charge in [-0.1, -0.05) is 22.0 Å². The average Bonchev–Trinajstić information content (AvgIpc) is 2.79. The minimum absolute atomic E-state index is 0.245. The Bertz CT molecular complexity index is 1170. The zero-order valence-electron chi connectivity index (χ0n) is 19.4. The molecule has 0 atom stereocenters. The lowest BCUT2D eigenvalue weighted by Crippen LogP contribution is -2.04. The third-order valence-electron chi connectivity index (χ3n) is 4.97. The summed E-state index contributed by atoms with van der Waals surface area (Å²) in [6.07, 6.45) is 7.15. The summed E-state index contributed by atoms with van der Waals surface area (Å²) in [6.45, 7) is 3.21. The van der Waals surface area contributed by atoms with Gasteiger partial charge in [-0.05, 0) is 55.9 Å². The maximum Gasteiger partial charge on any atom is 0.308 e. The lowest BCUT2D eigenvalue weighted by atomic mass is 10.0. The van der Waals surface area contributed by atoms with Crippen LogP contribution in [0.2, 0.25) is 0 Å².